The highest BCUT2D eigenvalue weighted by Gasteiger charge is 2.21. The van der Waals surface area contributed by atoms with Crippen LogP contribution >= 0.6 is 0 Å². The summed E-state index contributed by atoms with van der Waals surface area (Å²) in [6.45, 7) is 11.0. The molecule has 0 atom stereocenters. The zero-order valence-corrected chi connectivity index (χ0v) is 14.7. The van der Waals surface area contributed by atoms with E-state index in [0.717, 1.165) is 12.1 Å². The number of rotatable bonds is 7. The highest BCUT2D eigenvalue weighted by Crippen LogP contribution is 2.29. The highest BCUT2D eigenvalue weighted by molar-refractivity contribution is 5.63. The second kappa shape index (κ2) is 7.82. The number of phenols is 1. The summed E-state index contributed by atoms with van der Waals surface area (Å²) >= 11 is 0. The standard InChI is InChI=1S/C21H26N2O/c1-5-16-23(18-10-12-19(24)13-11-18)22-15-14-21(3,4)20-9-7-6-8-17(20)2/h5-13,15,24H,1,14,16H2,2-4H3/b22-15+. The Hall–Kier alpha value is -2.55. The van der Waals surface area contributed by atoms with Crippen LogP contribution < -0.4 is 5.01 Å². The van der Waals surface area contributed by atoms with Crippen molar-refractivity contribution >= 4 is 11.9 Å². The summed E-state index contributed by atoms with van der Waals surface area (Å²) in [4.78, 5) is 0. The molecule has 2 aromatic rings. The smallest absolute Gasteiger partial charge is 0.115 e. The van der Waals surface area contributed by atoms with Gasteiger partial charge < -0.3 is 5.11 Å². The van der Waals surface area contributed by atoms with Gasteiger partial charge in [0.15, 0.2) is 0 Å². The van der Waals surface area contributed by atoms with Gasteiger partial charge in [0.2, 0.25) is 0 Å². The Balaban J connectivity index is 2.13. The van der Waals surface area contributed by atoms with Gasteiger partial charge in [-0.25, -0.2) is 0 Å². The Morgan fingerprint density at radius 2 is 1.79 bits per heavy atom. The molecule has 0 saturated carbocycles. The van der Waals surface area contributed by atoms with Gasteiger partial charge >= 0.3 is 0 Å². The number of aromatic hydroxyl groups is 1. The van der Waals surface area contributed by atoms with E-state index in [2.05, 4.69) is 56.7 Å². The molecule has 2 rings (SSSR count). The zero-order valence-electron chi connectivity index (χ0n) is 14.7. The van der Waals surface area contributed by atoms with E-state index in [0.29, 0.717) is 6.54 Å². The van der Waals surface area contributed by atoms with Crippen LogP contribution in [0.3, 0.4) is 0 Å². The van der Waals surface area contributed by atoms with Crippen molar-refractivity contribution in [2.45, 2.75) is 32.6 Å². The molecular weight excluding hydrogens is 296 g/mol. The molecular formula is C21H26N2O. The van der Waals surface area contributed by atoms with Gasteiger partial charge in [-0.3, -0.25) is 5.01 Å². The molecule has 0 spiro atoms. The molecule has 3 nitrogen and oxygen atoms in total. The molecule has 0 unspecified atom stereocenters. The van der Waals surface area contributed by atoms with E-state index in [1.54, 1.807) is 12.1 Å². The van der Waals surface area contributed by atoms with Crippen molar-refractivity contribution in [3.8, 4) is 5.75 Å². The van der Waals surface area contributed by atoms with E-state index in [1.807, 2.05) is 29.4 Å². The third-order valence-electron chi connectivity index (χ3n) is 4.15. The molecule has 0 bridgehead atoms. The SMILES string of the molecule is C=CCN(/N=C/CC(C)(C)c1ccccc1C)c1ccc(O)cc1. The first-order valence-electron chi connectivity index (χ1n) is 8.20. The second-order valence-corrected chi connectivity index (χ2v) is 6.59. The number of hydrazone groups is 1. The normalized spacial score (nSPS) is 11.6. The Morgan fingerprint density at radius 3 is 2.42 bits per heavy atom. The topological polar surface area (TPSA) is 35.8 Å². The average molecular weight is 322 g/mol. The van der Waals surface area contributed by atoms with Crippen molar-refractivity contribution in [2.24, 2.45) is 5.10 Å². The van der Waals surface area contributed by atoms with Crippen LogP contribution in [0.1, 0.15) is 31.4 Å². The van der Waals surface area contributed by atoms with E-state index >= 15 is 0 Å². The minimum atomic E-state index is 0.0175. The Morgan fingerprint density at radius 1 is 1.12 bits per heavy atom. The quantitative estimate of drug-likeness (QED) is 0.440. The first kappa shape index (κ1) is 17.8. The maximum Gasteiger partial charge on any atom is 0.115 e. The third kappa shape index (κ3) is 4.48. The van der Waals surface area contributed by atoms with Gasteiger partial charge in [-0.15, -0.1) is 6.58 Å². The lowest BCUT2D eigenvalue weighted by atomic mass is 9.80. The zero-order chi connectivity index (χ0) is 17.6. The van der Waals surface area contributed by atoms with Gasteiger partial charge in [-0.05, 0) is 54.2 Å². The molecule has 3 heteroatoms. The number of anilines is 1. The summed E-state index contributed by atoms with van der Waals surface area (Å²) in [5.74, 6) is 0.252. The van der Waals surface area contributed by atoms with Crippen molar-refractivity contribution in [1.29, 1.82) is 0 Å². The van der Waals surface area contributed by atoms with Gasteiger partial charge in [-0.2, -0.15) is 5.10 Å². The van der Waals surface area contributed by atoms with Gasteiger partial charge in [-0.1, -0.05) is 44.2 Å². The average Bonchev–Trinajstić information content (AvgIpc) is 2.55. The summed E-state index contributed by atoms with van der Waals surface area (Å²) < 4.78 is 0. The van der Waals surface area contributed by atoms with Gasteiger partial charge in [0.25, 0.3) is 0 Å². The summed E-state index contributed by atoms with van der Waals surface area (Å²) in [7, 11) is 0. The van der Waals surface area contributed by atoms with Crippen molar-refractivity contribution in [3.05, 3.63) is 72.3 Å². The molecule has 0 heterocycles. The van der Waals surface area contributed by atoms with Crippen molar-refractivity contribution in [3.63, 3.8) is 0 Å². The van der Waals surface area contributed by atoms with E-state index < -0.39 is 0 Å². The molecule has 2 aromatic carbocycles. The predicted octanol–water partition coefficient (Wildman–Crippen LogP) is 5.05. The molecule has 24 heavy (non-hydrogen) atoms. The lowest BCUT2D eigenvalue weighted by Crippen LogP contribution is -2.21. The summed E-state index contributed by atoms with van der Waals surface area (Å²) in [5, 5.41) is 15.9. The van der Waals surface area contributed by atoms with Crippen LogP contribution in [0.25, 0.3) is 0 Å². The van der Waals surface area contributed by atoms with Gasteiger partial charge in [0.1, 0.15) is 5.75 Å². The Bertz CT molecular complexity index is 702. The highest BCUT2D eigenvalue weighted by atomic mass is 16.3. The maximum absolute atomic E-state index is 9.43. The van der Waals surface area contributed by atoms with Crippen LogP contribution in [0.4, 0.5) is 5.69 Å². The molecule has 0 fully saturated rings. The molecule has 0 amide bonds. The van der Waals surface area contributed by atoms with Gasteiger partial charge in [0.05, 0.1) is 12.2 Å². The van der Waals surface area contributed by atoms with E-state index in [4.69, 9.17) is 0 Å². The Labute approximate surface area is 145 Å². The number of nitrogens with zero attached hydrogens (tertiary/aromatic N) is 2. The summed E-state index contributed by atoms with van der Waals surface area (Å²) in [6.07, 6.45) is 4.61. The molecule has 0 aromatic heterocycles. The van der Waals surface area contributed by atoms with Gasteiger partial charge in [0, 0.05) is 6.21 Å². The van der Waals surface area contributed by atoms with Crippen molar-refractivity contribution < 1.29 is 5.11 Å². The number of phenolic OH excluding ortho intramolecular Hbond substituents is 1. The first-order chi connectivity index (χ1) is 11.4. The number of benzene rings is 2. The molecule has 0 aliphatic rings. The van der Waals surface area contributed by atoms with Crippen molar-refractivity contribution in [1.82, 2.24) is 0 Å². The fraction of sp³-hybridized carbons (Fsp3) is 0.286. The van der Waals surface area contributed by atoms with Crippen LogP contribution in [0.5, 0.6) is 5.75 Å². The molecule has 0 radical (unpaired) electrons. The van der Waals surface area contributed by atoms with Crippen LogP contribution in [0, 0.1) is 6.92 Å². The van der Waals surface area contributed by atoms with Crippen LogP contribution in [-0.2, 0) is 5.41 Å². The summed E-state index contributed by atoms with van der Waals surface area (Å²) in [5.41, 5.74) is 3.59. The molecule has 0 aliphatic carbocycles. The number of hydrogen-bond donors (Lipinski definition) is 1. The monoisotopic (exact) mass is 322 g/mol. The van der Waals surface area contributed by atoms with E-state index in [1.165, 1.54) is 11.1 Å². The van der Waals surface area contributed by atoms with Crippen LogP contribution in [0.15, 0.2) is 66.3 Å². The van der Waals surface area contributed by atoms with Crippen LogP contribution in [0.2, 0.25) is 0 Å². The molecule has 126 valence electrons. The predicted molar refractivity (Wildman–Crippen MR) is 103 cm³/mol. The minimum Gasteiger partial charge on any atom is -0.508 e. The fourth-order valence-corrected chi connectivity index (χ4v) is 2.78. The fourth-order valence-electron chi connectivity index (χ4n) is 2.78. The van der Waals surface area contributed by atoms with E-state index in [9.17, 15) is 5.11 Å². The first-order valence-corrected chi connectivity index (χ1v) is 8.20. The number of aryl methyl sites for hydroxylation is 1. The van der Waals surface area contributed by atoms with Crippen LogP contribution in [-0.4, -0.2) is 17.9 Å². The second-order valence-electron chi connectivity index (χ2n) is 6.59. The van der Waals surface area contributed by atoms with Crippen molar-refractivity contribution in [2.75, 3.05) is 11.6 Å². The molecule has 0 aliphatic heterocycles. The number of hydrogen-bond acceptors (Lipinski definition) is 3. The lowest BCUT2D eigenvalue weighted by Gasteiger charge is -2.26. The van der Waals surface area contributed by atoms with E-state index in [-0.39, 0.29) is 11.2 Å². The molecule has 1 N–H and O–H groups in total. The Kier molecular flexibility index (Phi) is 5.80. The largest absolute Gasteiger partial charge is 0.508 e. The third-order valence-corrected chi connectivity index (χ3v) is 4.15. The molecule has 0 saturated heterocycles. The summed E-state index contributed by atoms with van der Waals surface area (Å²) in [6, 6.07) is 15.5. The lowest BCUT2D eigenvalue weighted by molar-refractivity contribution is 0.475. The minimum absolute atomic E-state index is 0.0175. The maximum atomic E-state index is 9.43.